The molecule has 1 heterocycles. The summed E-state index contributed by atoms with van der Waals surface area (Å²) < 4.78 is 6.96. The topological polar surface area (TPSA) is 76.5 Å². The molecule has 2 aromatic carbocycles. The summed E-state index contributed by atoms with van der Waals surface area (Å²) >= 11 is 0. The highest BCUT2D eigenvalue weighted by molar-refractivity contribution is 5.99. The Balaban J connectivity index is 1.84. The van der Waals surface area contributed by atoms with E-state index in [1.165, 1.54) is 4.90 Å². The first kappa shape index (κ1) is 28.1. The van der Waals surface area contributed by atoms with Crippen molar-refractivity contribution < 1.29 is 14.3 Å². The molecule has 0 aliphatic heterocycles. The molecule has 0 saturated carbocycles. The van der Waals surface area contributed by atoms with Crippen LogP contribution in [0.3, 0.4) is 0 Å². The molecule has 0 aliphatic rings. The number of anilines is 1. The smallest absolute Gasteiger partial charge is 0.254 e. The van der Waals surface area contributed by atoms with Crippen LogP contribution in [-0.4, -0.2) is 53.3 Å². The molecule has 7 heteroatoms. The Labute approximate surface area is 220 Å². The van der Waals surface area contributed by atoms with Crippen LogP contribution in [0.5, 0.6) is 0 Å². The fourth-order valence-corrected chi connectivity index (χ4v) is 3.90. The van der Waals surface area contributed by atoms with Crippen molar-refractivity contribution in [3.63, 3.8) is 0 Å². The third-order valence-corrected chi connectivity index (χ3v) is 6.18. The lowest BCUT2D eigenvalue weighted by molar-refractivity contribution is -0.117. The largest absolute Gasteiger partial charge is 0.383 e. The molecule has 0 bridgehead atoms. The highest BCUT2D eigenvalue weighted by Gasteiger charge is 2.24. The zero-order valence-electron chi connectivity index (χ0n) is 23.4. The molecule has 0 spiro atoms. The maximum absolute atomic E-state index is 13.3. The molecule has 3 aromatic rings. The predicted molar refractivity (Wildman–Crippen MR) is 149 cm³/mol. The second kappa shape index (κ2) is 11.3. The minimum atomic E-state index is -0.301. The van der Waals surface area contributed by atoms with Gasteiger partial charge in [0.05, 0.1) is 18.0 Å². The SMILES string of the molecule is COCCN(CC(=O)Nc1cc(C(C)(C)C)nn1-c1cccc(C)c1)C(=O)c1ccc(C(C)(C)C)cc1. The summed E-state index contributed by atoms with van der Waals surface area (Å²) in [4.78, 5) is 28.1. The van der Waals surface area contributed by atoms with Crippen LogP contribution >= 0.6 is 0 Å². The van der Waals surface area contributed by atoms with E-state index in [1.54, 1.807) is 11.8 Å². The van der Waals surface area contributed by atoms with Crippen LogP contribution in [0.1, 0.15) is 68.7 Å². The summed E-state index contributed by atoms with van der Waals surface area (Å²) in [6.07, 6.45) is 0. The van der Waals surface area contributed by atoms with Crippen LogP contribution in [0.2, 0.25) is 0 Å². The van der Waals surface area contributed by atoms with Gasteiger partial charge in [0.25, 0.3) is 5.91 Å². The molecule has 0 aliphatic carbocycles. The van der Waals surface area contributed by atoms with Crippen molar-refractivity contribution in [3.05, 3.63) is 77.0 Å². The Morgan fingerprint density at radius 3 is 2.22 bits per heavy atom. The summed E-state index contributed by atoms with van der Waals surface area (Å²) in [5.74, 6) is 0.0504. The fraction of sp³-hybridized carbons (Fsp3) is 0.433. The van der Waals surface area contributed by atoms with Crippen LogP contribution in [0.25, 0.3) is 5.69 Å². The fourth-order valence-electron chi connectivity index (χ4n) is 3.90. The first-order chi connectivity index (χ1) is 17.3. The normalized spacial score (nSPS) is 11.9. The van der Waals surface area contributed by atoms with Gasteiger partial charge in [-0.3, -0.25) is 9.59 Å². The molecule has 0 atom stereocenters. The molecule has 1 aromatic heterocycles. The Morgan fingerprint density at radius 2 is 1.65 bits per heavy atom. The Hall–Kier alpha value is -3.45. The quantitative estimate of drug-likeness (QED) is 0.439. The van der Waals surface area contributed by atoms with Gasteiger partial charge in [-0.15, -0.1) is 0 Å². The van der Waals surface area contributed by atoms with E-state index in [0.717, 1.165) is 22.5 Å². The zero-order valence-corrected chi connectivity index (χ0v) is 23.4. The van der Waals surface area contributed by atoms with E-state index >= 15 is 0 Å². The number of hydrogen-bond acceptors (Lipinski definition) is 4. The van der Waals surface area contributed by atoms with Gasteiger partial charge >= 0.3 is 0 Å². The van der Waals surface area contributed by atoms with E-state index in [0.29, 0.717) is 24.5 Å². The maximum atomic E-state index is 13.3. The summed E-state index contributed by atoms with van der Waals surface area (Å²) in [6.45, 7) is 15.2. The molecule has 198 valence electrons. The number of hydrogen-bond donors (Lipinski definition) is 1. The number of amides is 2. The number of carbonyl (C=O) groups excluding carboxylic acids is 2. The average molecular weight is 505 g/mol. The molecule has 7 nitrogen and oxygen atoms in total. The van der Waals surface area contributed by atoms with Crippen molar-refractivity contribution in [1.82, 2.24) is 14.7 Å². The molecule has 3 rings (SSSR count). The number of ether oxygens (including phenoxy) is 1. The highest BCUT2D eigenvalue weighted by Crippen LogP contribution is 2.27. The van der Waals surface area contributed by atoms with E-state index in [9.17, 15) is 9.59 Å². The molecule has 2 amide bonds. The van der Waals surface area contributed by atoms with Crippen LogP contribution < -0.4 is 5.32 Å². The van der Waals surface area contributed by atoms with Gasteiger partial charge in [-0.25, -0.2) is 4.68 Å². The zero-order chi connectivity index (χ0) is 27.4. The minimum absolute atomic E-state index is 0.0106. The molecule has 0 fully saturated rings. The van der Waals surface area contributed by atoms with Crippen molar-refractivity contribution >= 4 is 17.6 Å². The first-order valence-corrected chi connectivity index (χ1v) is 12.7. The summed E-state index contributed by atoms with van der Waals surface area (Å²) in [6, 6.07) is 17.4. The number of carbonyl (C=O) groups is 2. The average Bonchev–Trinajstić information content (AvgIpc) is 3.25. The number of benzene rings is 2. The van der Waals surface area contributed by atoms with Gasteiger partial charge in [-0.1, -0.05) is 65.8 Å². The monoisotopic (exact) mass is 504 g/mol. The number of aromatic nitrogens is 2. The highest BCUT2D eigenvalue weighted by atomic mass is 16.5. The number of nitrogens with one attached hydrogen (secondary N) is 1. The summed E-state index contributed by atoms with van der Waals surface area (Å²) in [7, 11) is 1.58. The Kier molecular flexibility index (Phi) is 8.59. The van der Waals surface area contributed by atoms with Crippen molar-refractivity contribution in [2.75, 3.05) is 32.1 Å². The van der Waals surface area contributed by atoms with E-state index in [-0.39, 0.29) is 29.2 Å². The third kappa shape index (κ3) is 7.29. The van der Waals surface area contributed by atoms with Gasteiger partial charge in [0.1, 0.15) is 12.4 Å². The van der Waals surface area contributed by atoms with Gasteiger partial charge < -0.3 is 15.0 Å². The van der Waals surface area contributed by atoms with Crippen LogP contribution in [-0.2, 0) is 20.4 Å². The first-order valence-electron chi connectivity index (χ1n) is 12.7. The van der Waals surface area contributed by atoms with E-state index < -0.39 is 0 Å². The summed E-state index contributed by atoms with van der Waals surface area (Å²) in [5, 5.41) is 7.78. The predicted octanol–water partition coefficient (Wildman–Crippen LogP) is 5.50. The number of aryl methyl sites for hydroxylation is 1. The number of nitrogens with zero attached hydrogens (tertiary/aromatic N) is 3. The van der Waals surface area contributed by atoms with Crippen molar-refractivity contribution in [3.8, 4) is 5.69 Å². The molecule has 1 N–H and O–H groups in total. The van der Waals surface area contributed by atoms with Gasteiger partial charge in [0.2, 0.25) is 5.91 Å². The minimum Gasteiger partial charge on any atom is -0.383 e. The lowest BCUT2D eigenvalue weighted by Gasteiger charge is -2.23. The maximum Gasteiger partial charge on any atom is 0.254 e. The number of rotatable bonds is 8. The molecule has 0 unspecified atom stereocenters. The lowest BCUT2D eigenvalue weighted by Crippen LogP contribution is -2.40. The third-order valence-electron chi connectivity index (χ3n) is 6.18. The van der Waals surface area contributed by atoms with Gasteiger partial charge in [0.15, 0.2) is 0 Å². The van der Waals surface area contributed by atoms with Crippen LogP contribution in [0.4, 0.5) is 5.82 Å². The molecule has 0 radical (unpaired) electrons. The molecule has 37 heavy (non-hydrogen) atoms. The van der Waals surface area contributed by atoms with Gasteiger partial charge in [-0.05, 0) is 47.7 Å². The summed E-state index contributed by atoms with van der Waals surface area (Å²) in [5.41, 5.74) is 4.28. The van der Waals surface area contributed by atoms with Crippen molar-refractivity contribution in [2.45, 2.75) is 59.3 Å². The second-order valence-electron chi connectivity index (χ2n) is 11.5. The lowest BCUT2D eigenvalue weighted by atomic mass is 9.86. The van der Waals surface area contributed by atoms with Crippen molar-refractivity contribution in [1.29, 1.82) is 0 Å². The van der Waals surface area contributed by atoms with Gasteiger partial charge in [0, 0.05) is 30.7 Å². The van der Waals surface area contributed by atoms with Crippen LogP contribution in [0.15, 0.2) is 54.6 Å². The van der Waals surface area contributed by atoms with E-state index in [1.807, 2.05) is 61.5 Å². The Morgan fingerprint density at radius 1 is 0.973 bits per heavy atom. The Bertz CT molecular complexity index is 1230. The second-order valence-corrected chi connectivity index (χ2v) is 11.5. The van der Waals surface area contributed by atoms with E-state index in [4.69, 9.17) is 9.84 Å². The molecular weight excluding hydrogens is 464 g/mol. The molecule has 0 saturated heterocycles. The van der Waals surface area contributed by atoms with Crippen molar-refractivity contribution in [2.24, 2.45) is 0 Å². The standard InChI is InChI=1S/C30H40N4O3/c1-21-10-9-11-24(18-21)34-26(19-25(32-34)30(5,6)7)31-27(35)20-33(16-17-37-8)28(36)22-12-14-23(15-13-22)29(2,3)4/h9-15,18-19H,16-17,20H2,1-8H3,(H,31,35). The van der Waals surface area contributed by atoms with E-state index in [2.05, 4.69) is 46.9 Å². The molecular formula is C30H40N4O3. The van der Waals surface area contributed by atoms with Crippen LogP contribution in [0, 0.1) is 6.92 Å². The number of methoxy groups -OCH3 is 1. The van der Waals surface area contributed by atoms with Gasteiger partial charge in [-0.2, -0.15) is 5.10 Å².